The van der Waals surface area contributed by atoms with Crippen LogP contribution in [0.3, 0.4) is 0 Å². The van der Waals surface area contributed by atoms with E-state index in [2.05, 4.69) is 33.4 Å². The summed E-state index contributed by atoms with van der Waals surface area (Å²) in [7, 11) is 0. The molecule has 0 atom stereocenters. The third kappa shape index (κ3) is 2.86. The topological polar surface area (TPSA) is 30.5 Å². The van der Waals surface area contributed by atoms with Gasteiger partial charge in [-0.3, -0.25) is 0 Å². The summed E-state index contributed by atoms with van der Waals surface area (Å²) in [6, 6.07) is 6.13. The quantitative estimate of drug-likeness (QED) is 0.516. The summed E-state index contributed by atoms with van der Waals surface area (Å²) in [4.78, 5) is 0. The zero-order valence-corrected chi connectivity index (χ0v) is 10.0. The fourth-order valence-electron chi connectivity index (χ4n) is 1.54. The van der Waals surface area contributed by atoms with Gasteiger partial charge < -0.3 is 14.8 Å². The van der Waals surface area contributed by atoms with Gasteiger partial charge in [0, 0.05) is 0 Å². The van der Waals surface area contributed by atoms with Crippen molar-refractivity contribution in [3.05, 3.63) is 23.8 Å². The molecule has 82 valence electrons. The standard InChI is InChI=1S/C11H14BrNO2/c12-8-13-4-3-9-1-2-10-11(7-9)15-6-5-14-10/h1-2,7,13H,3-6,8H2. The van der Waals surface area contributed by atoms with E-state index in [0.29, 0.717) is 13.2 Å². The van der Waals surface area contributed by atoms with Crippen LogP contribution in [0.1, 0.15) is 5.56 Å². The largest absolute Gasteiger partial charge is 0.486 e. The predicted octanol–water partition coefficient (Wildman–Crippen LogP) is 1.94. The van der Waals surface area contributed by atoms with Gasteiger partial charge >= 0.3 is 0 Å². The van der Waals surface area contributed by atoms with Crippen LogP contribution in [0.5, 0.6) is 11.5 Å². The van der Waals surface area contributed by atoms with Crippen LogP contribution in [0.4, 0.5) is 0 Å². The summed E-state index contributed by atoms with van der Waals surface area (Å²) in [5, 5.41) is 3.22. The number of rotatable bonds is 4. The van der Waals surface area contributed by atoms with E-state index in [1.807, 2.05) is 6.07 Å². The van der Waals surface area contributed by atoms with E-state index in [-0.39, 0.29) is 0 Å². The summed E-state index contributed by atoms with van der Waals surface area (Å²) in [6.45, 7) is 2.26. The second-order valence-corrected chi connectivity index (χ2v) is 3.92. The van der Waals surface area contributed by atoms with E-state index in [9.17, 15) is 0 Å². The Morgan fingerprint density at radius 3 is 2.80 bits per heavy atom. The lowest BCUT2D eigenvalue weighted by Gasteiger charge is -2.18. The van der Waals surface area contributed by atoms with E-state index in [0.717, 1.165) is 29.9 Å². The molecular formula is C11H14BrNO2. The highest BCUT2D eigenvalue weighted by atomic mass is 79.9. The minimum absolute atomic E-state index is 0.649. The molecule has 2 rings (SSSR count). The van der Waals surface area contributed by atoms with Crippen molar-refractivity contribution in [3.63, 3.8) is 0 Å². The van der Waals surface area contributed by atoms with Crippen LogP contribution in [-0.2, 0) is 6.42 Å². The average Bonchev–Trinajstić information content (AvgIpc) is 2.29. The van der Waals surface area contributed by atoms with Crippen molar-refractivity contribution in [1.82, 2.24) is 5.32 Å². The highest BCUT2D eigenvalue weighted by Gasteiger charge is 2.11. The number of nitrogens with one attached hydrogen (secondary N) is 1. The molecule has 0 radical (unpaired) electrons. The number of alkyl halides is 1. The summed E-state index contributed by atoms with van der Waals surface area (Å²) < 4.78 is 11.0. The molecule has 0 aromatic heterocycles. The van der Waals surface area contributed by atoms with E-state index in [1.165, 1.54) is 5.56 Å². The Morgan fingerprint density at radius 1 is 1.20 bits per heavy atom. The van der Waals surface area contributed by atoms with Crippen LogP contribution in [0.25, 0.3) is 0 Å². The van der Waals surface area contributed by atoms with Crippen molar-refractivity contribution in [2.75, 3.05) is 25.2 Å². The van der Waals surface area contributed by atoms with Crippen LogP contribution in [0.2, 0.25) is 0 Å². The van der Waals surface area contributed by atoms with Crippen molar-refractivity contribution in [2.45, 2.75) is 6.42 Å². The van der Waals surface area contributed by atoms with E-state index in [1.54, 1.807) is 0 Å². The molecule has 1 aromatic carbocycles. The highest BCUT2D eigenvalue weighted by molar-refractivity contribution is 9.09. The highest BCUT2D eigenvalue weighted by Crippen LogP contribution is 2.30. The first-order valence-corrected chi connectivity index (χ1v) is 6.17. The van der Waals surface area contributed by atoms with Gasteiger partial charge in [0.05, 0.1) is 5.45 Å². The number of benzene rings is 1. The van der Waals surface area contributed by atoms with Gasteiger partial charge in [0.1, 0.15) is 13.2 Å². The molecule has 4 heteroatoms. The van der Waals surface area contributed by atoms with Crippen LogP contribution < -0.4 is 14.8 Å². The van der Waals surface area contributed by atoms with Gasteiger partial charge in [-0.25, -0.2) is 0 Å². The molecule has 15 heavy (non-hydrogen) atoms. The lowest BCUT2D eigenvalue weighted by Crippen LogP contribution is -2.16. The normalized spacial score (nSPS) is 13.9. The Morgan fingerprint density at radius 2 is 2.00 bits per heavy atom. The lowest BCUT2D eigenvalue weighted by molar-refractivity contribution is 0.171. The Labute approximate surface area is 97.9 Å². The van der Waals surface area contributed by atoms with E-state index >= 15 is 0 Å². The first-order valence-electron chi connectivity index (χ1n) is 5.05. The van der Waals surface area contributed by atoms with Gasteiger partial charge in [0.2, 0.25) is 0 Å². The Hall–Kier alpha value is -0.740. The van der Waals surface area contributed by atoms with Crippen molar-refractivity contribution < 1.29 is 9.47 Å². The Balaban J connectivity index is 2.00. The van der Waals surface area contributed by atoms with Crippen molar-refractivity contribution in [1.29, 1.82) is 0 Å². The fraction of sp³-hybridized carbons (Fsp3) is 0.455. The predicted molar refractivity (Wildman–Crippen MR) is 62.9 cm³/mol. The van der Waals surface area contributed by atoms with Gasteiger partial charge in [-0.05, 0) is 30.7 Å². The zero-order chi connectivity index (χ0) is 10.5. The summed E-state index contributed by atoms with van der Waals surface area (Å²) in [6.07, 6.45) is 1.00. The number of fused-ring (bicyclic) bond motifs is 1. The van der Waals surface area contributed by atoms with Crippen molar-refractivity contribution >= 4 is 15.9 Å². The third-order valence-electron chi connectivity index (χ3n) is 2.29. The molecule has 0 aliphatic carbocycles. The molecule has 1 aliphatic rings. The van der Waals surface area contributed by atoms with Crippen LogP contribution in [0.15, 0.2) is 18.2 Å². The molecule has 1 aromatic rings. The maximum atomic E-state index is 5.52. The first-order chi connectivity index (χ1) is 7.40. The van der Waals surface area contributed by atoms with Crippen molar-refractivity contribution in [2.24, 2.45) is 0 Å². The third-order valence-corrected chi connectivity index (χ3v) is 2.69. The summed E-state index contributed by atoms with van der Waals surface area (Å²) in [5.41, 5.74) is 2.10. The SMILES string of the molecule is BrCNCCc1ccc2c(c1)OCCO2. The summed E-state index contributed by atoms with van der Waals surface area (Å²) in [5.74, 6) is 1.73. The molecular weight excluding hydrogens is 258 g/mol. The van der Waals surface area contributed by atoms with Crippen LogP contribution in [0, 0.1) is 0 Å². The molecule has 0 fully saturated rings. The second kappa shape index (κ2) is 5.37. The molecule has 0 saturated carbocycles. The molecule has 0 unspecified atom stereocenters. The number of hydrogen-bond donors (Lipinski definition) is 1. The van der Waals surface area contributed by atoms with Crippen molar-refractivity contribution in [3.8, 4) is 11.5 Å². The van der Waals surface area contributed by atoms with Crippen LogP contribution >= 0.6 is 15.9 Å². The lowest BCUT2D eigenvalue weighted by atomic mass is 10.1. The van der Waals surface area contributed by atoms with Gasteiger partial charge in [-0.2, -0.15) is 0 Å². The van der Waals surface area contributed by atoms with Gasteiger partial charge in [0.15, 0.2) is 11.5 Å². The minimum Gasteiger partial charge on any atom is -0.486 e. The monoisotopic (exact) mass is 271 g/mol. The van der Waals surface area contributed by atoms with Gasteiger partial charge in [-0.1, -0.05) is 22.0 Å². The first kappa shape index (κ1) is 10.8. The summed E-state index contributed by atoms with van der Waals surface area (Å²) >= 11 is 3.33. The number of hydrogen-bond acceptors (Lipinski definition) is 3. The maximum Gasteiger partial charge on any atom is 0.161 e. The average molecular weight is 272 g/mol. The fourth-order valence-corrected chi connectivity index (χ4v) is 1.82. The molecule has 0 saturated heterocycles. The number of ether oxygens (including phenoxy) is 2. The molecule has 0 amide bonds. The van der Waals surface area contributed by atoms with E-state index < -0.39 is 0 Å². The molecule has 0 bridgehead atoms. The van der Waals surface area contributed by atoms with Crippen LogP contribution in [-0.4, -0.2) is 25.2 Å². The van der Waals surface area contributed by atoms with Gasteiger partial charge in [-0.15, -0.1) is 0 Å². The molecule has 1 aliphatic heterocycles. The minimum atomic E-state index is 0.649. The van der Waals surface area contributed by atoms with E-state index in [4.69, 9.17) is 9.47 Å². The number of halogens is 1. The Bertz CT molecular complexity index is 330. The maximum absolute atomic E-state index is 5.52. The van der Waals surface area contributed by atoms with Gasteiger partial charge in [0.25, 0.3) is 0 Å². The second-order valence-electron chi connectivity index (χ2n) is 3.36. The molecule has 0 spiro atoms. The smallest absolute Gasteiger partial charge is 0.161 e. The Kier molecular flexibility index (Phi) is 3.86. The molecule has 1 N–H and O–H groups in total. The molecule has 3 nitrogen and oxygen atoms in total. The zero-order valence-electron chi connectivity index (χ0n) is 8.46. The molecule has 1 heterocycles.